The fourth-order valence-corrected chi connectivity index (χ4v) is 1.78. The van der Waals surface area contributed by atoms with E-state index in [0.29, 0.717) is 17.3 Å². The first-order valence-electron chi connectivity index (χ1n) is 5.48. The third-order valence-corrected chi connectivity index (χ3v) is 2.90. The van der Waals surface area contributed by atoms with E-state index in [-0.39, 0.29) is 5.91 Å². The van der Waals surface area contributed by atoms with Crippen molar-refractivity contribution in [3.05, 3.63) is 52.7 Å². The molecule has 2 aromatic rings. The normalized spacial score (nSPS) is 10.4. The number of furan rings is 1. The smallest absolute Gasteiger partial charge is 0.272 e. The third kappa shape index (κ3) is 2.71. The van der Waals surface area contributed by atoms with Crippen LogP contribution in [-0.2, 0) is 6.54 Å². The Balaban J connectivity index is 2.12. The van der Waals surface area contributed by atoms with E-state index >= 15 is 0 Å². The number of hydrogen-bond donors (Lipinski definition) is 0. The predicted molar refractivity (Wildman–Crippen MR) is 68.5 cm³/mol. The highest BCUT2D eigenvalue weighted by atomic mass is 35.5. The quantitative estimate of drug-likeness (QED) is 0.856. The molecule has 0 aliphatic rings. The van der Waals surface area contributed by atoms with Gasteiger partial charge >= 0.3 is 0 Å². The van der Waals surface area contributed by atoms with Crippen LogP contribution in [0.3, 0.4) is 0 Å². The first kappa shape index (κ1) is 12.6. The number of nitrogens with zero attached hydrogens (tertiary/aromatic N) is 2. The molecule has 0 aliphatic heterocycles. The van der Waals surface area contributed by atoms with Gasteiger partial charge in [-0.2, -0.15) is 0 Å². The van der Waals surface area contributed by atoms with E-state index in [9.17, 15) is 4.79 Å². The van der Waals surface area contributed by atoms with Crippen molar-refractivity contribution in [3.8, 4) is 0 Å². The minimum Gasteiger partial charge on any atom is -0.469 e. The molecule has 1 amide bonds. The maximum atomic E-state index is 12.1. The number of pyridine rings is 1. The van der Waals surface area contributed by atoms with Crippen molar-refractivity contribution >= 4 is 17.5 Å². The van der Waals surface area contributed by atoms with Crippen molar-refractivity contribution in [3.63, 3.8) is 0 Å². The van der Waals surface area contributed by atoms with Crippen LogP contribution in [0, 0.1) is 6.92 Å². The number of halogens is 1. The van der Waals surface area contributed by atoms with Crippen LogP contribution in [0.4, 0.5) is 0 Å². The second kappa shape index (κ2) is 5.23. The molecule has 0 spiro atoms. The number of carbonyl (C=O) groups is 1. The molecule has 0 unspecified atom stereocenters. The Morgan fingerprint density at radius 2 is 2.28 bits per heavy atom. The molecular formula is C13H13ClN2O2. The van der Waals surface area contributed by atoms with Gasteiger partial charge in [-0.15, -0.1) is 0 Å². The fourth-order valence-electron chi connectivity index (χ4n) is 1.62. The van der Waals surface area contributed by atoms with Gasteiger partial charge in [-0.25, -0.2) is 0 Å². The molecule has 0 aromatic carbocycles. The Morgan fingerprint density at radius 1 is 1.50 bits per heavy atom. The summed E-state index contributed by atoms with van der Waals surface area (Å²) >= 11 is 5.84. The zero-order valence-electron chi connectivity index (χ0n) is 10.2. The third-order valence-electron chi connectivity index (χ3n) is 2.66. The van der Waals surface area contributed by atoms with Crippen molar-refractivity contribution in [2.24, 2.45) is 0 Å². The molecule has 18 heavy (non-hydrogen) atoms. The van der Waals surface area contributed by atoms with Gasteiger partial charge in [0.1, 0.15) is 11.5 Å². The number of aryl methyl sites for hydroxylation is 1. The lowest BCUT2D eigenvalue weighted by atomic mass is 10.2. The molecule has 2 heterocycles. The Bertz CT molecular complexity index is 566. The van der Waals surface area contributed by atoms with Crippen molar-refractivity contribution in [1.29, 1.82) is 0 Å². The van der Waals surface area contributed by atoms with Crippen LogP contribution in [0.15, 0.2) is 35.1 Å². The molecule has 5 heteroatoms. The van der Waals surface area contributed by atoms with Gasteiger partial charge in [0.2, 0.25) is 0 Å². The Morgan fingerprint density at radius 3 is 2.89 bits per heavy atom. The molecule has 0 atom stereocenters. The monoisotopic (exact) mass is 264 g/mol. The highest BCUT2D eigenvalue weighted by Crippen LogP contribution is 2.14. The standard InChI is InChI=1S/C13H13ClN2O2/c1-9-10(4-6-18-9)8-16(2)13(17)12-7-11(14)3-5-15-12/h3-7H,8H2,1-2H3. The fraction of sp³-hybridized carbons (Fsp3) is 0.231. The Labute approximate surface area is 110 Å². The SMILES string of the molecule is Cc1occc1CN(C)C(=O)c1cc(Cl)ccn1. The lowest BCUT2D eigenvalue weighted by molar-refractivity contribution is 0.0779. The lowest BCUT2D eigenvalue weighted by Crippen LogP contribution is -2.27. The summed E-state index contributed by atoms with van der Waals surface area (Å²) in [6.07, 6.45) is 3.13. The molecule has 0 fully saturated rings. The maximum absolute atomic E-state index is 12.1. The van der Waals surface area contributed by atoms with Gasteiger partial charge in [-0.05, 0) is 25.1 Å². The van der Waals surface area contributed by atoms with E-state index < -0.39 is 0 Å². The van der Waals surface area contributed by atoms with Gasteiger partial charge in [0.15, 0.2) is 0 Å². The van der Waals surface area contributed by atoms with Crippen molar-refractivity contribution in [1.82, 2.24) is 9.88 Å². The topological polar surface area (TPSA) is 46.3 Å². The molecule has 4 nitrogen and oxygen atoms in total. The van der Waals surface area contributed by atoms with Gasteiger partial charge < -0.3 is 9.32 Å². The summed E-state index contributed by atoms with van der Waals surface area (Å²) in [6, 6.07) is 5.05. The minimum atomic E-state index is -0.168. The molecule has 0 saturated carbocycles. The summed E-state index contributed by atoms with van der Waals surface area (Å²) in [5.74, 6) is 0.645. The summed E-state index contributed by atoms with van der Waals surface area (Å²) in [5.41, 5.74) is 1.32. The maximum Gasteiger partial charge on any atom is 0.272 e. The lowest BCUT2D eigenvalue weighted by Gasteiger charge is -2.16. The van der Waals surface area contributed by atoms with Crippen LogP contribution in [-0.4, -0.2) is 22.8 Å². The van der Waals surface area contributed by atoms with E-state index in [1.54, 1.807) is 30.3 Å². The first-order valence-corrected chi connectivity index (χ1v) is 5.85. The summed E-state index contributed by atoms with van der Waals surface area (Å²) in [4.78, 5) is 17.7. The zero-order chi connectivity index (χ0) is 13.1. The highest BCUT2D eigenvalue weighted by Gasteiger charge is 2.15. The highest BCUT2D eigenvalue weighted by molar-refractivity contribution is 6.30. The molecule has 0 N–H and O–H groups in total. The number of aromatic nitrogens is 1. The van der Waals surface area contributed by atoms with Gasteiger partial charge in [0, 0.05) is 30.4 Å². The summed E-state index contributed by atoms with van der Waals surface area (Å²) in [6.45, 7) is 2.35. The van der Waals surface area contributed by atoms with E-state index in [2.05, 4.69) is 4.98 Å². The number of rotatable bonds is 3. The summed E-state index contributed by atoms with van der Waals surface area (Å²) in [7, 11) is 1.72. The van der Waals surface area contributed by atoms with E-state index in [0.717, 1.165) is 11.3 Å². The number of carbonyl (C=O) groups excluding carboxylic acids is 1. The summed E-state index contributed by atoms with van der Waals surface area (Å²) in [5, 5.41) is 0.501. The van der Waals surface area contributed by atoms with Gasteiger partial charge in [0.05, 0.1) is 6.26 Å². The summed E-state index contributed by atoms with van der Waals surface area (Å²) < 4.78 is 5.20. The number of amides is 1. The zero-order valence-corrected chi connectivity index (χ0v) is 10.9. The van der Waals surface area contributed by atoms with Gasteiger partial charge in [-0.3, -0.25) is 9.78 Å². The van der Waals surface area contributed by atoms with E-state index in [4.69, 9.17) is 16.0 Å². The molecule has 0 bridgehead atoms. The molecule has 2 rings (SSSR count). The van der Waals surface area contributed by atoms with E-state index in [1.165, 1.54) is 6.20 Å². The van der Waals surface area contributed by atoms with Crippen molar-refractivity contribution in [2.75, 3.05) is 7.05 Å². The van der Waals surface area contributed by atoms with Crippen molar-refractivity contribution < 1.29 is 9.21 Å². The molecule has 0 saturated heterocycles. The molecule has 0 radical (unpaired) electrons. The second-order valence-electron chi connectivity index (χ2n) is 4.02. The van der Waals surface area contributed by atoms with Crippen LogP contribution in [0.1, 0.15) is 21.8 Å². The minimum absolute atomic E-state index is 0.168. The first-order chi connectivity index (χ1) is 8.58. The largest absolute Gasteiger partial charge is 0.469 e. The molecule has 2 aromatic heterocycles. The molecular weight excluding hydrogens is 252 g/mol. The average molecular weight is 265 g/mol. The molecule has 94 valence electrons. The second-order valence-corrected chi connectivity index (χ2v) is 4.46. The number of hydrogen-bond acceptors (Lipinski definition) is 3. The van der Waals surface area contributed by atoms with Crippen LogP contribution >= 0.6 is 11.6 Å². The van der Waals surface area contributed by atoms with Gasteiger partial charge in [-0.1, -0.05) is 11.6 Å². The van der Waals surface area contributed by atoms with Crippen molar-refractivity contribution in [2.45, 2.75) is 13.5 Å². The van der Waals surface area contributed by atoms with Crippen LogP contribution in [0.2, 0.25) is 5.02 Å². The van der Waals surface area contributed by atoms with Crippen LogP contribution < -0.4 is 0 Å². The average Bonchev–Trinajstić information content (AvgIpc) is 2.74. The molecule has 0 aliphatic carbocycles. The van der Waals surface area contributed by atoms with E-state index in [1.807, 2.05) is 13.0 Å². The van der Waals surface area contributed by atoms with Crippen LogP contribution in [0.25, 0.3) is 0 Å². The van der Waals surface area contributed by atoms with Crippen LogP contribution in [0.5, 0.6) is 0 Å². The Hall–Kier alpha value is -1.81. The van der Waals surface area contributed by atoms with Gasteiger partial charge in [0.25, 0.3) is 5.91 Å². The predicted octanol–water partition coefficient (Wildman–Crippen LogP) is 2.91. The Kier molecular flexibility index (Phi) is 3.67.